The molecule has 0 bridgehead atoms. The lowest BCUT2D eigenvalue weighted by Crippen LogP contribution is -2.10. The molecule has 0 aliphatic carbocycles. The number of thioether (sulfide) groups is 1. The lowest BCUT2D eigenvalue weighted by Gasteiger charge is -2.20. The van der Waals surface area contributed by atoms with E-state index in [1.54, 1.807) is 11.8 Å². The Labute approximate surface area is 70.7 Å². The maximum Gasteiger partial charge on any atom is 0.0545 e. The monoisotopic (exact) mass is 163 g/mol. The van der Waals surface area contributed by atoms with Crippen molar-refractivity contribution in [3.05, 3.63) is 35.9 Å². The minimum absolute atomic E-state index is 1.29. The molecular formula is C9H9NS. The lowest BCUT2D eigenvalue weighted by atomic mass is 10.3. The summed E-state index contributed by atoms with van der Waals surface area (Å²) in [7, 11) is 2.06. The van der Waals surface area contributed by atoms with Gasteiger partial charge in [-0.1, -0.05) is 23.9 Å². The van der Waals surface area contributed by atoms with Gasteiger partial charge in [0, 0.05) is 18.1 Å². The molecule has 1 aromatic carbocycles. The van der Waals surface area contributed by atoms with E-state index in [9.17, 15) is 0 Å². The van der Waals surface area contributed by atoms with E-state index >= 15 is 0 Å². The van der Waals surface area contributed by atoms with Crippen LogP contribution in [0.25, 0.3) is 0 Å². The zero-order valence-corrected chi connectivity index (χ0v) is 7.14. The van der Waals surface area contributed by atoms with Gasteiger partial charge in [-0.3, -0.25) is 0 Å². The summed E-state index contributed by atoms with van der Waals surface area (Å²) in [6.45, 7) is 0. The SMILES string of the molecule is CN1C=CSc2ccccc21. The molecule has 0 radical (unpaired) electrons. The van der Waals surface area contributed by atoms with Crippen molar-refractivity contribution < 1.29 is 0 Å². The van der Waals surface area contributed by atoms with Gasteiger partial charge in [-0.15, -0.1) is 0 Å². The molecule has 2 heteroatoms. The Balaban J connectivity index is 2.50. The maximum atomic E-state index is 2.14. The third-order valence-corrected chi connectivity index (χ3v) is 2.58. The number of nitrogens with zero attached hydrogens (tertiary/aromatic N) is 1. The molecule has 2 rings (SSSR count). The van der Waals surface area contributed by atoms with Crippen LogP contribution < -0.4 is 4.90 Å². The van der Waals surface area contributed by atoms with Gasteiger partial charge in [-0.2, -0.15) is 0 Å². The van der Waals surface area contributed by atoms with Crippen molar-refractivity contribution in [2.24, 2.45) is 0 Å². The Hall–Kier alpha value is -0.890. The molecule has 0 saturated heterocycles. The molecule has 0 atom stereocenters. The van der Waals surface area contributed by atoms with Crippen LogP contribution in [0.4, 0.5) is 5.69 Å². The fraction of sp³-hybridized carbons (Fsp3) is 0.111. The Morgan fingerprint density at radius 1 is 1.27 bits per heavy atom. The highest BCUT2D eigenvalue weighted by Gasteiger charge is 2.07. The number of fused-ring (bicyclic) bond motifs is 1. The van der Waals surface area contributed by atoms with E-state index in [-0.39, 0.29) is 0 Å². The van der Waals surface area contributed by atoms with E-state index in [4.69, 9.17) is 0 Å². The van der Waals surface area contributed by atoms with Crippen LogP contribution in [0.15, 0.2) is 40.8 Å². The first-order valence-corrected chi connectivity index (χ1v) is 4.41. The molecule has 0 N–H and O–H groups in total. The molecule has 0 spiro atoms. The number of anilines is 1. The molecule has 1 nitrogen and oxygen atoms in total. The number of hydrogen-bond acceptors (Lipinski definition) is 2. The van der Waals surface area contributed by atoms with Crippen molar-refractivity contribution in [1.29, 1.82) is 0 Å². The van der Waals surface area contributed by atoms with E-state index in [0.29, 0.717) is 0 Å². The van der Waals surface area contributed by atoms with E-state index in [2.05, 4.69) is 47.8 Å². The van der Waals surface area contributed by atoms with Crippen molar-refractivity contribution in [2.45, 2.75) is 4.90 Å². The quantitative estimate of drug-likeness (QED) is 0.578. The second-order valence-electron chi connectivity index (χ2n) is 2.48. The molecule has 0 saturated carbocycles. The van der Waals surface area contributed by atoms with Crippen LogP contribution in [0.3, 0.4) is 0 Å². The van der Waals surface area contributed by atoms with Gasteiger partial charge in [0.1, 0.15) is 0 Å². The molecule has 1 aliphatic rings. The molecule has 56 valence electrons. The summed E-state index contributed by atoms with van der Waals surface area (Å²) in [5, 5.41) is 2.10. The Morgan fingerprint density at radius 3 is 2.91 bits per heavy atom. The smallest absolute Gasteiger partial charge is 0.0545 e. The first-order valence-electron chi connectivity index (χ1n) is 3.53. The molecular weight excluding hydrogens is 154 g/mol. The summed E-state index contributed by atoms with van der Waals surface area (Å²) in [6, 6.07) is 8.40. The van der Waals surface area contributed by atoms with Crippen LogP contribution in [0, 0.1) is 0 Å². The van der Waals surface area contributed by atoms with Crippen LogP contribution >= 0.6 is 11.8 Å². The van der Waals surface area contributed by atoms with Crippen molar-refractivity contribution >= 4 is 17.4 Å². The third-order valence-electron chi connectivity index (χ3n) is 1.72. The van der Waals surface area contributed by atoms with Crippen molar-refractivity contribution in [3.8, 4) is 0 Å². The number of rotatable bonds is 0. The minimum Gasteiger partial charge on any atom is -0.350 e. The zero-order chi connectivity index (χ0) is 7.68. The predicted octanol–water partition coefficient (Wildman–Crippen LogP) is 2.70. The van der Waals surface area contributed by atoms with Crippen molar-refractivity contribution in [3.63, 3.8) is 0 Å². The summed E-state index contributed by atoms with van der Waals surface area (Å²) in [5.74, 6) is 0. The largest absolute Gasteiger partial charge is 0.350 e. The summed E-state index contributed by atoms with van der Waals surface area (Å²) in [6.07, 6.45) is 2.08. The second-order valence-corrected chi connectivity index (χ2v) is 3.43. The molecule has 1 aromatic rings. The molecule has 11 heavy (non-hydrogen) atoms. The summed E-state index contributed by atoms with van der Waals surface area (Å²) in [4.78, 5) is 3.46. The predicted molar refractivity (Wildman–Crippen MR) is 49.8 cm³/mol. The highest BCUT2D eigenvalue weighted by molar-refractivity contribution is 8.02. The highest BCUT2D eigenvalue weighted by atomic mass is 32.2. The number of benzene rings is 1. The fourth-order valence-electron chi connectivity index (χ4n) is 1.12. The summed E-state index contributed by atoms with van der Waals surface area (Å²) in [5.41, 5.74) is 1.29. The minimum atomic E-state index is 1.29. The lowest BCUT2D eigenvalue weighted by molar-refractivity contribution is 1.16. The normalized spacial score (nSPS) is 14.8. The standard InChI is InChI=1S/C9H9NS/c1-10-6-7-11-9-5-3-2-4-8(9)10/h2-7H,1H3. The summed E-state index contributed by atoms with van der Waals surface area (Å²) >= 11 is 1.77. The van der Waals surface area contributed by atoms with Gasteiger partial charge in [0.05, 0.1) is 5.69 Å². The topological polar surface area (TPSA) is 3.24 Å². The van der Waals surface area contributed by atoms with Gasteiger partial charge >= 0.3 is 0 Å². The molecule has 1 aliphatic heterocycles. The van der Waals surface area contributed by atoms with Crippen LogP contribution in [0.5, 0.6) is 0 Å². The zero-order valence-electron chi connectivity index (χ0n) is 6.32. The molecule has 1 heterocycles. The molecule has 0 amide bonds. The number of para-hydroxylation sites is 1. The second kappa shape index (κ2) is 2.62. The fourth-order valence-corrected chi connectivity index (χ4v) is 2.00. The van der Waals surface area contributed by atoms with Crippen LogP contribution in [0.2, 0.25) is 0 Å². The van der Waals surface area contributed by atoms with Gasteiger partial charge in [0.15, 0.2) is 0 Å². The van der Waals surface area contributed by atoms with Crippen molar-refractivity contribution in [1.82, 2.24) is 0 Å². The molecule has 0 fully saturated rings. The first kappa shape index (κ1) is 6.80. The van der Waals surface area contributed by atoms with Crippen LogP contribution in [-0.4, -0.2) is 7.05 Å². The van der Waals surface area contributed by atoms with E-state index < -0.39 is 0 Å². The maximum absolute atomic E-state index is 2.14. The Kier molecular flexibility index (Phi) is 1.62. The summed E-state index contributed by atoms with van der Waals surface area (Å²) < 4.78 is 0. The van der Waals surface area contributed by atoms with E-state index in [0.717, 1.165) is 0 Å². The average molecular weight is 163 g/mol. The van der Waals surface area contributed by atoms with Gasteiger partial charge in [0.2, 0.25) is 0 Å². The van der Waals surface area contributed by atoms with Gasteiger partial charge in [-0.25, -0.2) is 0 Å². The highest BCUT2D eigenvalue weighted by Crippen LogP contribution is 2.33. The Morgan fingerprint density at radius 2 is 2.09 bits per heavy atom. The number of hydrogen-bond donors (Lipinski definition) is 0. The van der Waals surface area contributed by atoms with Gasteiger partial charge in [0.25, 0.3) is 0 Å². The average Bonchev–Trinajstić information content (AvgIpc) is 2.06. The van der Waals surface area contributed by atoms with E-state index in [1.807, 2.05) is 0 Å². The Bertz CT molecular complexity index is 293. The van der Waals surface area contributed by atoms with Crippen molar-refractivity contribution in [2.75, 3.05) is 11.9 Å². The molecule has 0 aromatic heterocycles. The van der Waals surface area contributed by atoms with Crippen LogP contribution in [-0.2, 0) is 0 Å². The van der Waals surface area contributed by atoms with Gasteiger partial charge in [-0.05, 0) is 17.5 Å². The third kappa shape index (κ3) is 1.14. The first-order chi connectivity index (χ1) is 5.38. The van der Waals surface area contributed by atoms with Crippen LogP contribution in [0.1, 0.15) is 0 Å². The van der Waals surface area contributed by atoms with E-state index in [1.165, 1.54) is 10.6 Å². The van der Waals surface area contributed by atoms with Gasteiger partial charge < -0.3 is 4.90 Å². The molecule has 0 unspecified atom stereocenters.